The normalized spacial score (nSPS) is 9.94. The summed E-state index contributed by atoms with van der Waals surface area (Å²) in [6, 6.07) is 9.20. The lowest BCUT2D eigenvalue weighted by Crippen LogP contribution is -2.28. The number of rotatable bonds is 7. The number of hydrogen-bond acceptors (Lipinski definition) is 3. The highest BCUT2D eigenvalue weighted by Crippen LogP contribution is 1.98. The van der Waals surface area contributed by atoms with Crippen molar-refractivity contribution in [3.63, 3.8) is 0 Å². The van der Waals surface area contributed by atoms with E-state index >= 15 is 0 Å². The van der Waals surface area contributed by atoms with E-state index in [-0.39, 0.29) is 11.7 Å². The number of benzene rings is 1. The summed E-state index contributed by atoms with van der Waals surface area (Å²) in [7, 11) is 0. The lowest BCUT2D eigenvalue weighted by Gasteiger charge is -2.04. The van der Waals surface area contributed by atoms with Crippen LogP contribution in [0.3, 0.4) is 0 Å². The van der Waals surface area contributed by atoms with Crippen LogP contribution in [0.2, 0.25) is 0 Å². The highest BCUT2D eigenvalue weighted by molar-refractivity contribution is 5.97. The third-order valence-corrected chi connectivity index (χ3v) is 2.29. The minimum absolute atomic E-state index is 0.0228. The van der Waals surface area contributed by atoms with Gasteiger partial charge in [-0.1, -0.05) is 30.3 Å². The van der Waals surface area contributed by atoms with E-state index in [1.54, 1.807) is 12.1 Å². The maximum atomic E-state index is 11.7. The molecule has 1 aromatic rings. The van der Waals surface area contributed by atoms with Crippen LogP contribution >= 0.6 is 0 Å². The summed E-state index contributed by atoms with van der Waals surface area (Å²) in [5.74, 6) is 0.0653. The molecule has 1 amide bonds. The fourth-order valence-electron chi connectivity index (χ4n) is 1.41. The van der Waals surface area contributed by atoms with Gasteiger partial charge in [-0.25, -0.2) is 0 Å². The summed E-state index contributed by atoms with van der Waals surface area (Å²) in [4.78, 5) is 22.2. The van der Waals surface area contributed by atoms with Crippen molar-refractivity contribution in [1.82, 2.24) is 10.6 Å². The molecule has 0 saturated carbocycles. The molecule has 1 aromatic carbocycles. The molecule has 4 nitrogen and oxygen atoms in total. The Morgan fingerprint density at radius 3 is 2.47 bits per heavy atom. The Morgan fingerprint density at radius 2 is 1.82 bits per heavy atom. The minimum atomic E-state index is -0.0228. The summed E-state index contributed by atoms with van der Waals surface area (Å²) >= 11 is 0. The molecule has 0 saturated heterocycles. The maximum Gasteiger partial charge on any atom is 0.216 e. The van der Waals surface area contributed by atoms with E-state index in [2.05, 4.69) is 10.6 Å². The van der Waals surface area contributed by atoms with Gasteiger partial charge in [-0.15, -0.1) is 0 Å². The second-order valence-electron chi connectivity index (χ2n) is 3.80. The average molecular weight is 234 g/mol. The van der Waals surface area contributed by atoms with Crippen LogP contribution in [0.4, 0.5) is 0 Å². The van der Waals surface area contributed by atoms with Crippen molar-refractivity contribution in [3.8, 4) is 0 Å². The smallest absolute Gasteiger partial charge is 0.216 e. The van der Waals surface area contributed by atoms with Gasteiger partial charge in [-0.2, -0.15) is 0 Å². The number of nitrogens with one attached hydrogen (secondary N) is 2. The lowest BCUT2D eigenvalue weighted by atomic mass is 10.1. The van der Waals surface area contributed by atoms with Crippen LogP contribution in [-0.4, -0.2) is 31.3 Å². The van der Waals surface area contributed by atoms with Gasteiger partial charge in [0.05, 0.1) is 6.54 Å². The zero-order valence-electron chi connectivity index (χ0n) is 10.0. The van der Waals surface area contributed by atoms with Crippen LogP contribution in [0.15, 0.2) is 30.3 Å². The molecule has 92 valence electrons. The van der Waals surface area contributed by atoms with Crippen molar-refractivity contribution in [1.29, 1.82) is 0 Å². The molecular formula is C13H18N2O2. The summed E-state index contributed by atoms with van der Waals surface area (Å²) in [5.41, 5.74) is 0.724. The number of hydrogen-bond donors (Lipinski definition) is 2. The zero-order chi connectivity index (χ0) is 12.5. The number of carbonyl (C=O) groups excluding carboxylic acids is 2. The van der Waals surface area contributed by atoms with Gasteiger partial charge in [-0.3, -0.25) is 9.59 Å². The number of Topliss-reactive ketones (excluding diaryl/α,β-unsaturated/α-hetero) is 1. The van der Waals surface area contributed by atoms with Gasteiger partial charge in [0.1, 0.15) is 0 Å². The van der Waals surface area contributed by atoms with Crippen molar-refractivity contribution >= 4 is 11.7 Å². The Bertz CT molecular complexity index is 363. The SMILES string of the molecule is CC(=O)NCCCNCC(=O)c1ccccc1. The van der Waals surface area contributed by atoms with Gasteiger partial charge in [0.15, 0.2) is 5.78 Å². The molecule has 0 aromatic heterocycles. The van der Waals surface area contributed by atoms with E-state index in [9.17, 15) is 9.59 Å². The van der Waals surface area contributed by atoms with Crippen molar-refractivity contribution in [2.75, 3.05) is 19.6 Å². The lowest BCUT2D eigenvalue weighted by molar-refractivity contribution is -0.118. The number of amides is 1. The predicted molar refractivity (Wildman–Crippen MR) is 66.9 cm³/mol. The van der Waals surface area contributed by atoms with E-state index < -0.39 is 0 Å². The van der Waals surface area contributed by atoms with Crippen LogP contribution in [0.1, 0.15) is 23.7 Å². The van der Waals surface area contributed by atoms with Crippen molar-refractivity contribution in [3.05, 3.63) is 35.9 Å². The first-order valence-electron chi connectivity index (χ1n) is 5.73. The molecule has 2 N–H and O–H groups in total. The Hall–Kier alpha value is -1.68. The second kappa shape index (κ2) is 7.57. The Kier molecular flexibility index (Phi) is 5.96. The minimum Gasteiger partial charge on any atom is -0.356 e. The first kappa shape index (κ1) is 13.4. The molecule has 0 aliphatic heterocycles. The highest BCUT2D eigenvalue weighted by atomic mass is 16.1. The first-order valence-corrected chi connectivity index (χ1v) is 5.73. The van der Waals surface area contributed by atoms with Gasteiger partial charge in [0.2, 0.25) is 5.91 Å². The molecule has 0 bridgehead atoms. The third-order valence-electron chi connectivity index (χ3n) is 2.29. The van der Waals surface area contributed by atoms with Crippen molar-refractivity contribution < 1.29 is 9.59 Å². The summed E-state index contributed by atoms with van der Waals surface area (Å²) in [5, 5.41) is 5.76. The largest absolute Gasteiger partial charge is 0.356 e. The molecule has 17 heavy (non-hydrogen) atoms. The van der Waals surface area contributed by atoms with Crippen LogP contribution in [0.25, 0.3) is 0 Å². The van der Waals surface area contributed by atoms with E-state index in [4.69, 9.17) is 0 Å². The van der Waals surface area contributed by atoms with Gasteiger partial charge in [0, 0.05) is 19.0 Å². The molecular weight excluding hydrogens is 216 g/mol. The fraction of sp³-hybridized carbons (Fsp3) is 0.385. The summed E-state index contributed by atoms with van der Waals surface area (Å²) in [6.45, 7) is 3.19. The molecule has 0 fully saturated rings. The van der Waals surface area contributed by atoms with Gasteiger partial charge >= 0.3 is 0 Å². The third kappa shape index (κ3) is 5.82. The van der Waals surface area contributed by atoms with Crippen LogP contribution in [0.5, 0.6) is 0 Å². The van der Waals surface area contributed by atoms with Crippen LogP contribution in [0, 0.1) is 0 Å². The molecule has 0 spiro atoms. The molecule has 0 unspecified atom stereocenters. The number of ketones is 1. The standard InChI is InChI=1S/C13H18N2O2/c1-11(16)15-9-5-8-14-10-13(17)12-6-3-2-4-7-12/h2-4,6-7,14H,5,8-10H2,1H3,(H,15,16). The number of carbonyl (C=O) groups is 2. The molecule has 0 heterocycles. The molecule has 4 heteroatoms. The Labute approximate surface area is 101 Å². The van der Waals surface area contributed by atoms with E-state index in [0.717, 1.165) is 18.5 Å². The summed E-state index contributed by atoms with van der Waals surface area (Å²) < 4.78 is 0. The van der Waals surface area contributed by atoms with Gasteiger partial charge < -0.3 is 10.6 Å². The van der Waals surface area contributed by atoms with Crippen molar-refractivity contribution in [2.45, 2.75) is 13.3 Å². The van der Waals surface area contributed by atoms with Crippen LogP contribution < -0.4 is 10.6 Å². The molecule has 0 atom stereocenters. The maximum absolute atomic E-state index is 11.7. The van der Waals surface area contributed by atoms with E-state index in [0.29, 0.717) is 13.1 Å². The quantitative estimate of drug-likeness (QED) is 0.546. The molecule has 0 radical (unpaired) electrons. The molecule has 1 rings (SSSR count). The van der Waals surface area contributed by atoms with Crippen molar-refractivity contribution in [2.24, 2.45) is 0 Å². The van der Waals surface area contributed by atoms with E-state index in [1.165, 1.54) is 6.92 Å². The van der Waals surface area contributed by atoms with Crippen LogP contribution in [-0.2, 0) is 4.79 Å². The second-order valence-corrected chi connectivity index (χ2v) is 3.80. The summed E-state index contributed by atoms with van der Waals surface area (Å²) in [6.07, 6.45) is 0.821. The predicted octanol–water partition coefficient (Wildman–Crippen LogP) is 0.985. The first-order chi connectivity index (χ1) is 8.20. The zero-order valence-corrected chi connectivity index (χ0v) is 10.0. The van der Waals surface area contributed by atoms with Gasteiger partial charge in [-0.05, 0) is 13.0 Å². The Balaban J connectivity index is 2.11. The van der Waals surface area contributed by atoms with E-state index in [1.807, 2.05) is 18.2 Å². The highest BCUT2D eigenvalue weighted by Gasteiger charge is 2.03. The molecule has 0 aliphatic rings. The topological polar surface area (TPSA) is 58.2 Å². The fourth-order valence-corrected chi connectivity index (χ4v) is 1.41. The van der Waals surface area contributed by atoms with Gasteiger partial charge in [0.25, 0.3) is 0 Å². The average Bonchev–Trinajstić information content (AvgIpc) is 2.34. The Morgan fingerprint density at radius 1 is 1.12 bits per heavy atom. The monoisotopic (exact) mass is 234 g/mol. The molecule has 0 aliphatic carbocycles.